The predicted molar refractivity (Wildman–Crippen MR) is 113 cm³/mol. The average molecular weight is 445 g/mol. The lowest BCUT2D eigenvalue weighted by atomic mass is 10.2. The lowest BCUT2D eigenvalue weighted by Crippen LogP contribution is -2.42. The summed E-state index contributed by atoms with van der Waals surface area (Å²) in [5, 5.41) is 4.71. The topological polar surface area (TPSA) is 40.6 Å². The zero-order valence-electron chi connectivity index (χ0n) is 14.5. The van der Waals surface area contributed by atoms with Gasteiger partial charge in [0.1, 0.15) is 10.4 Å². The van der Waals surface area contributed by atoms with E-state index in [1.165, 1.54) is 15.0 Å². The van der Waals surface area contributed by atoms with Gasteiger partial charge in [-0.1, -0.05) is 0 Å². The van der Waals surface area contributed by atoms with Crippen LogP contribution in [-0.2, 0) is 11.3 Å². The van der Waals surface area contributed by atoms with Gasteiger partial charge in [0, 0.05) is 50.7 Å². The molecule has 2 aliphatic heterocycles. The molecule has 2 fully saturated rings. The van der Waals surface area contributed by atoms with Gasteiger partial charge in [0.25, 0.3) is 0 Å². The quantitative estimate of drug-likeness (QED) is 0.562. The molecule has 4 rings (SSSR count). The molecule has 0 unspecified atom stereocenters. The second-order valence-corrected chi connectivity index (χ2v) is 7.97. The number of hydrogen-bond donors (Lipinski definition) is 2. The van der Waals surface area contributed by atoms with Crippen molar-refractivity contribution in [3.8, 4) is 0 Å². The lowest BCUT2D eigenvalue weighted by molar-refractivity contribution is 0.122. The maximum atomic E-state index is 5.48. The van der Waals surface area contributed by atoms with E-state index in [9.17, 15) is 0 Å². The highest BCUT2D eigenvalue weighted by molar-refractivity contribution is 9.10. The second kappa shape index (κ2) is 9.53. The summed E-state index contributed by atoms with van der Waals surface area (Å²) in [5.41, 5.74) is 0. The maximum absolute atomic E-state index is 5.48. The molecule has 0 saturated carbocycles. The van der Waals surface area contributed by atoms with Crippen molar-refractivity contribution in [2.75, 3.05) is 63.6 Å². The van der Waals surface area contributed by atoms with Crippen LogP contribution in [-0.4, -0.2) is 68.6 Å². The molecule has 0 spiro atoms. The van der Waals surface area contributed by atoms with Crippen LogP contribution in [0.2, 0.25) is 0 Å². The van der Waals surface area contributed by atoms with Crippen LogP contribution >= 0.6 is 39.9 Å². The van der Waals surface area contributed by atoms with E-state index in [1.807, 2.05) is 11.3 Å². The molecule has 0 bridgehead atoms. The van der Waals surface area contributed by atoms with Gasteiger partial charge in [-0.15, -0.1) is 11.3 Å². The third-order valence-corrected chi connectivity index (χ3v) is 5.94. The number of morpholine rings is 1. The Morgan fingerprint density at radius 3 is 2.64 bits per heavy atom. The van der Waals surface area contributed by atoms with E-state index in [0.29, 0.717) is 0 Å². The van der Waals surface area contributed by atoms with E-state index >= 15 is 0 Å². The molecule has 0 aromatic carbocycles. The summed E-state index contributed by atoms with van der Waals surface area (Å²) < 4.78 is 7.70. The van der Waals surface area contributed by atoms with E-state index in [-0.39, 0.29) is 0 Å². The van der Waals surface area contributed by atoms with Gasteiger partial charge < -0.3 is 15.0 Å². The number of ether oxygens (including phenoxy) is 1. The number of hydrogen-bond acceptors (Lipinski definition) is 7. The Morgan fingerprint density at radius 2 is 1.92 bits per heavy atom. The number of rotatable bonds is 3. The number of nitrogens with one attached hydrogen (secondary N) is 1. The van der Waals surface area contributed by atoms with Crippen molar-refractivity contribution >= 4 is 55.8 Å². The number of fused-ring (bicyclic) bond motifs is 1. The first-order valence-corrected chi connectivity index (χ1v) is 11.1. The largest absolute Gasteiger partial charge is 0.378 e. The van der Waals surface area contributed by atoms with Crippen LogP contribution in [0.4, 0.5) is 5.82 Å². The third kappa shape index (κ3) is 4.87. The fourth-order valence-electron chi connectivity index (χ4n) is 3.21. The highest BCUT2D eigenvalue weighted by atomic mass is 79.9. The molecule has 2 saturated heterocycles. The van der Waals surface area contributed by atoms with Crippen LogP contribution in [0.5, 0.6) is 0 Å². The number of thiophene rings is 1. The Kier molecular flexibility index (Phi) is 7.39. The van der Waals surface area contributed by atoms with Crippen LogP contribution in [0.15, 0.2) is 16.7 Å². The summed E-state index contributed by atoms with van der Waals surface area (Å²) >= 11 is 8.99. The maximum Gasteiger partial charge on any atom is 0.148 e. The zero-order chi connectivity index (χ0) is 17.6. The molecule has 25 heavy (non-hydrogen) atoms. The molecule has 2 aliphatic rings. The molecule has 0 atom stereocenters. The number of piperazine rings is 1. The zero-order valence-corrected chi connectivity index (χ0v) is 17.8. The molecule has 138 valence electrons. The Bertz CT molecular complexity index is 685. The summed E-state index contributed by atoms with van der Waals surface area (Å²) in [4.78, 5) is 11.1. The normalized spacial score (nSPS) is 18.9. The van der Waals surface area contributed by atoms with Gasteiger partial charge in [-0.25, -0.2) is 4.98 Å². The van der Waals surface area contributed by atoms with Crippen LogP contribution in [0.25, 0.3) is 10.1 Å². The van der Waals surface area contributed by atoms with Crippen molar-refractivity contribution in [3.63, 3.8) is 0 Å². The summed E-state index contributed by atoms with van der Waals surface area (Å²) in [6, 6.07) is 4.47. The van der Waals surface area contributed by atoms with Crippen molar-refractivity contribution in [3.05, 3.63) is 21.6 Å². The van der Waals surface area contributed by atoms with E-state index in [0.717, 1.165) is 69.4 Å². The van der Waals surface area contributed by atoms with Gasteiger partial charge in [-0.05, 0) is 39.7 Å². The minimum absolute atomic E-state index is 0.786. The Balaban J connectivity index is 0.000000880. The summed E-state index contributed by atoms with van der Waals surface area (Å²) in [6.45, 7) is 8.91. The van der Waals surface area contributed by atoms with Gasteiger partial charge in [-0.3, -0.25) is 4.90 Å². The number of aromatic nitrogens is 1. The van der Waals surface area contributed by atoms with E-state index in [1.54, 1.807) is 6.26 Å². The monoisotopic (exact) mass is 444 g/mol. The molecular weight excluding hydrogens is 420 g/mol. The molecule has 8 heteroatoms. The molecule has 0 radical (unpaired) electrons. The Labute approximate surface area is 167 Å². The fraction of sp³-hybridized carbons (Fsp3) is 0.588. The molecule has 2 aromatic heterocycles. The van der Waals surface area contributed by atoms with Gasteiger partial charge in [-0.2, -0.15) is 12.6 Å². The first-order chi connectivity index (χ1) is 12.3. The lowest BCUT2D eigenvalue weighted by Gasteiger charge is -2.28. The molecule has 0 amide bonds. The fourth-order valence-corrected chi connectivity index (χ4v) is 4.82. The van der Waals surface area contributed by atoms with Gasteiger partial charge in [0.05, 0.1) is 17.9 Å². The second-order valence-electron chi connectivity index (χ2n) is 6.03. The number of thiol groups is 1. The first kappa shape index (κ1) is 19.4. The van der Waals surface area contributed by atoms with Gasteiger partial charge in [0.15, 0.2) is 0 Å². The van der Waals surface area contributed by atoms with Crippen molar-refractivity contribution in [1.29, 1.82) is 0 Å². The van der Waals surface area contributed by atoms with E-state index in [4.69, 9.17) is 9.72 Å². The SMILES string of the molecule is Brc1cc2cc(CN3CCNCC3)sc2c(N2CCOCC2)n1.CS. The highest BCUT2D eigenvalue weighted by Gasteiger charge is 2.19. The third-order valence-electron chi connectivity index (χ3n) is 4.40. The van der Waals surface area contributed by atoms with Gasteiger partial charge >= 0.3 is 0 Å². The summed E-state index contributed by atoms with van der Waals surface area (Å²) in [6.07, 6.45) is 1.69. The molecular formula is C17H25BrN4OS2. The van der Waals surface area contributed by atoms with Crippen LogP contribution in [0.3, 0.4) is 0 Å². The highest BCUT2D eigenvalue weighted by Crippen LogP contribution is 2.35. The van der Waals surface area contributed by atoms with Crippen LogP contribution in [0, 0.1) is 0 Å². The number of nitrogens with zero attached hydrogens (tertiary/aromatic N) is 3. The standard InChI is InChI=1S/C16H21BrN4OS.CH4S/c17-14-10-12-9-13(11-20-3-1-18-2-4-20)23-15(12)16(19-14)21-5-7-22-8-6-21;1-2/h9-10,18H,1-8,11H2;2H,1H3. The Morgan fingerprint density at radius 1 is 1.20 bits per heavy atom. The number of anilines is 1. The van der Waals surface area contributed by atoms with Crippen molar-refractivity contribution < 1.29 is 4.74 Å². The smallest absolute Gasteiger partial charge is 0.148 e. The summed E-state index contributed by atoms with van der Waals surface area (Å²) in [7, 11) is 0. The molecule has 0 aliphatic carbocycles. The van der Waals surface area contributed by atoms with Crippen molar-refractivity contribution in [2.45, 2.75) is 6.54 Å². The first-order valence-electron chi connectivity index (χ1n) is 8.59. The minimum Gasteiger partial charge on any atom is -0.378 e. The molecule has 2 aromatic rings. The van der Waals surface area contributed by atoms with E-state index in [2.05, 4.69) is 55.8 Å². The van der Waals surface area contributed by atoms with Crippen LogP contribution in [0.1, 0.15) is 4.88 Å². The van der Waals surface area contributed by atoms with Crippen molar-refractivity contribution in [2.24, 2.45) is 0 Å². The van der Waals surface area contributed by atoms with Gasteiger partial charge in [0.2, 0.25) is 0 Å². The van der Waals surface area contributed by atoms with Crippen LogP contribution < -0.4 is 10.2 Å². The average Bonchev–Trinajstić information content (AvgIpc) is 3.06. The number of pyridine rings is 1. The molecule has 1 N–H and O–H groups in total. The Hall–Kier alpha value is -0.380. The molecule has 4 heterocycles. The summed E-state index contributed by atoms with van der Waals surface area (Å²) in [5.74, 6) is 1.11. The number of halogens is 1. The van der Waals surface area contributed by atoms with E-state index < -0.39 is 0 Å². The minimum atomic E-state index is 0.786. The van der Waals surface area contributed by atoms with Crippen molar-refractivity contribution in [1.82, 2.24) is 15.2 Å². The molecule has 5 nitrogen and oxygen atoms in total. The predicted octanol–water partition coefficient (Wildman–Crippen LogP) is 2.85.